The Kier molecular flexibility index (Phi) is 1.70. The molecule has 2 bridgehead atoms. The van der Waals surface area contributed by atoms with Crippen LogP contribution in [0.1, 0.15) is 38.5 Å². The van der Waals surface area contributed by atoms with Gasteiger partial charge in [-0.1, -0.05) is 5.92 Å². The molecule has 3 aliphatic carbocycles. The summed E-state index contributed by atoms with van der Waals surface area (Å²) in [5, 5.41) is 9.27. The van der Waals surface area contributed by atoms with Crippen molar-refractivity contribution in [3.63, 3.8) is 0 Å². The van der Waals surface area contributed by atoms with E-state index in [0.717, 1.165) is 38.5 Å². The molecule has 1 heteroatoms. The third-order valence-electron chi connectivity index (χ3n) is 4.04. The second-order valence-corrected chi connectivity index (χ2v) is 4.58. The summed E-state index contributed by atoms with van der Waals surface area (Å²) in [4.78, 5) is 0. The fraction of sp³-hybridized carbons (Fsp3) is 0.818. The van der Waals surface area contributed by atoms with Crippen molar-refractivity contribution in [1.82, 2.24) is 0 Å². The largest absolute Gasteiger partial charge is 0.396 e. The van der Waals surface area contributed by atoms with E-state index in [9.17, 15) is 5.11 Å². The number of rotatable bonds is 1. The van der Waals surface area contributed by atoms with E-state index >= 15 is 0 Å². The van der Waals surface area contributed by atoms with Crippen LogP contribution in [0.4, 0.5) is 0 Å². The average Bonchev–Trinajstić information content (AvgIpc) is 2.21. The Morgan fingerprint density at radius 3 is 1.92 bits per heavy atom. The second kappa shape index (κ2) is 2.50. The lowest BCUT2D eigenvalue weighted by molar-refractivity contribution is -0.0159. The van der Waals surface area contributed by atoms with E-state index in [-0.39, 0.29) is 10.8 Å². The van der Waals surface area contributed by atoms with Crippen LogP contribution in [0, 0.1) is 23.2 Å². The van der Waals surface area contributed by atoms with Gasteiger partial charge in [0.2, 0.25) is 0 Å². The summed E-state index contributed by atoms with van der Waals surface area (Å²) in [5.41, 5.74) is 0.482. The van der Waals surface area contributed by atoms with E-state index in [2.05, 4.69) is 5.92 Å². The first kappa shape index (κ1) is 8.13. The van der Waals surface area contributed by atoms with Crippen molar-refractivity contribution in [2.24, 2.45) is 10.8 Å². The van der Waals surface area contributed by atoms with Gasteiger partial charge in [-0.25, -0.2) is 0 Å². The molecule has 0 spiro atoms. The van der Waals surface area contributed by atoms with Gasteiger partial charge in [0.1, 0.15) is 0 Å². The molecule has 0 heterocycles. The Morgan fingerprint density at radius 2 is 1.58 bits per heavy atom. The average molecular weight is 164 g/mol. The summed E-state index contributed by atoms with van der Waals surface area (Å²) in [6.45, 7) is 0.369. The summed E-state index contributed by atoms with van der Waals surface area (Å²) >= 11 is 0. The van der Waals surface area contributed by atoms with Gasteiger partial charge < -0.3 is 5.11 Å². The first-order chi connectivity index (χ1) is 5.74. The van der Waals surface area contributed by atoms with Gasteiger partial charge in [-0.2, -0.15) is 0 Å². The van der Waals surface area contributed by atoms with Crippen molar-refractivity contribution in [3.8, 4) is 12.3 Å². The molecular weight excluding hydrogens is 148 g/mol. The standard InChI is InChI=1S/C11H16O/c1-2-10-3-6-11(9-12,7-4-10)8-5-10/h1,12H,3-9H2. The molecular formula is C11H16O. The van der Waals surface area contributed by atoms with Gasteiger partial charge in [-0.05, 0) is 43.9 Å². The van der Waals surface area contributed by atoms with Crippen molar-refractivity contribution in [1.29, 1.82) is 0 Å². The zero-order valence-corrected chi connectivity index (χ0v) is 7.47. The van der Waals surface area contributed by atoms with Crippen LogP contribution in [-0.2, 0) is 0 Å². The van der Waals surface area contributed by atoms with Crippen molar-refractivity contribution in [3.05, 3.63) is 0 Å². The highest BCUT2D eigenvalue weighted by Crippen LogP contribution is 2.56. The molecule has 3 aliphatic rings. The number of terminal acetylenes is 1. The molecule has 0 aromatic carbocycles. The van der Waals surface area contributed by atoms with Crippen molar-refractivity contribution < 1.29 is 5.11 Å². The molecule has 1 N–H and O–H groups in total. The lowest BCUT2D eigenvalue weighted by Gasteiger charge is -2.50. The predicted molar refractivity (Wildman–Crippen MR) is 48.5 cm³/mol. The van der Waals surface area contributed by atoms with Crippen LogP contribution in [0.15, 0.2) is 0 Å². The van der Waals surface area contributed by atoms with Gasteiger partial charge >= 0.3 is 0 Å². The molecule has 3 fully saturated rings. The quantitative estimate of drug-likeness (QED) is 0.587. The molecule has 0 aromatic rings. The highest BCUT2D eigenvalue weighted by Gasteiger charge is 2.47. The van der Waals surface area contributed by atoms with E-state index in [4.69, 9.17) is 6.42 Å². The third-order valence-corrected chi connectivity index (χ3v) is 4.04. The van der Waals surface area contributed by atoms with Gasteiger partial charge in [-0.15, -0.1) is 6.42 Å². The highest BCUT2D eigenvalue weighted by molar-refractivity contribution is 5.13. The van der Waals surface area contributed by atoms with Crippen LogP contribution >= 0.6 is 0 Å². The van der Waals surface area contributed by atoms with E-state index in [1.54, 1.807) is 0 Å². The fourth-order valence-corrected chi connectivity index (χ4v) is 2.72. The minimum Gasteiger partial charge on any atom is -0.396 e. The van der Waals surface area contributed by atoms with Crippen LogP contribution in [0.25, 0.3) is 0 Å². The SMILES string of the molecule is C#CC12CCC(CO)(CC1)CC2. The molecule has 3 saturated carbocycles. The predicted octanol–water partition coefficient (Wildman–Crippen LogP) is 1.95. The first-order valence-electron chi connectivity index (χ1n) is 4.83. The minimum absolute atomic E-state index is 0.219. The Balaban J connectivity index is 2.15. The van der Waals surface area contributed by atoms with Crippen LogP contribution in [0.5, 0.6) is 0 Å². The van der Waals surface area contributed by atoms with Crippen LogP contribution in [-0.4, -0.2) is 11.7 Å². The van der Waals surface area contributed by atoms with E-state index in [1.807, 2.05) is 0 Å². The molecule has 0 amide bonds. The number of aliphatic hydroxyl groups is 1. The molecule has 3 rings (SSSR count). The Bertz CT molecular complexity index is 199. The van der Waals surface area contributed by atoms with Crippen molar-refractivity contribution >= 4 is 0 Å². The number of fused-ring (bicyclic) bond motifs is 3. The Morgan fingerprint density at radius 1 is 1.08 bits per heavy atom. The Hall–Kier alpha value is -0.480. The highest BCUT2D eigenvalue weighted by atomic mass is 16.3. The monoisotopic (exact) mass is 164 g/mol. The normalized spacial score (nSPS) is 45.7. The van der Waals surface area contributed by atoms with Gasteiger partial charge in [0, 0.05) is 12.0 Å². The van der Waals surface area contributed by atoms with Crippen LogP contribution in [0.2, 0.25) is 0 Å². The van der Waals surface area contributed by atoms with Crippen molar-refractivity contribution in [2.45, 2.75) is 38.5 Å². The lowest BCUT2D eigenvalue weighted by Crippen LogP contribution is -2.42. The summed E-state index contributed by atoms with van der Waals surface area (Å²) in [7, 11) is 0. The zero-order valence-electron chi connectivity index (χ0n) is 7.47. The second-order valence-electron chi connectivity index (χ2n) is 4.58. The molecule has 0 aliphatic heterocycles. The van der Waals surface area contributed by atoms with E-state index in [1.165, 1.54) is 0 Å². The third kappa shape index (κ3) is 0.983. The summed E-state index contributed by atoms with van der Waals surface area (Å²) in [6, 6.07) is 0. The fourth-order valence-electron chi connectivity index (χ4n) is 2.72. The molecule has 0 saturated heterocycles. The van der Waals surface area contributed by atoms with Gasteiger partial charge in [-0.3, -0.25) is 0 Å². The first-order valence-corrected chi connectivity index (χ1v) is 4.83. The number of hydrogen-bond acceptors (Lipinski definition) is 1. The molecule has 0 unspecified atom stereocenters. The van der Waals surface area contributed by atoms with Crippen LogP contribution in [0.3, 0.4) is 0 Å². The molecule has 0 radical (unpaired) electrons. The maximum Gasteiger partial charge on any atom is 0.0487 e. The topological polar surface area (TPSA) is 20.2 Å². The minimum atomic E-state index is 0.219. The van der Waals surface area contributed by atoms with Gasteiger partial charge in [0.15, 0.2) is 0 Å². The smallest absolute Gasteiger partial charge is 0.0487 e. The van der Waals surface area contributed by atoms with Gasteiger partial charge in [0.25, 0.3) is 0 Å². The molecule has 0 aromatic heterocycles. The summed E-state index contributed by atoms with van der Waals surface area (Å²) < 4.78 is 0. The maximum atomic E-state index is 9.27. The maximum absolute atomic E-state index is 9.27. The number of hydrogen-bond donors (Lipinski definition) is 1. The molecule has 12 heavy (non-hydrogen) atoms. The Labute approximate surface area is 74.2 Å². The van der Waals surface area contributed by atoms with Gasteiger partial charge in [0.05, 0.1) is 0 Å². The molecule has 66 valence electrons. The lowest BCUT2D eigenvalue weighted by atomic mass is 9.54. The van der Waals surface area contributed by atoms with E-state index < -0.39 is 0 Å². The van der Waals surface area contributed by atoms with E-state index in [0.29, 0.717) is 6.61 Å². The summed E-state index contributed by atoms with van der Waals surface area (Å²) in [5.74, 6) is 2.96. The molecule has 0 atom stereocenters. The zero-order chi connectivity index (χ0) is 8.66. The summed E-state index contributed by atoms with van der Waals surface area (Å²) in [6.07, 6.45) is 12.4. The molecule has 1 nitrogen and oxygen atoms in total. The van der Waals surface area contributed by atoms with Crippen LogP contribution < -0.4 is 0 Å². The van der Waals surface area contributed by atoms with Crippen molar-refractivity contribution in [2.75, 3.05) is 6.61 Å². The number of aliphatic hydroxyl groups excluding tert-OH is 1.